The summed E-state index contributed by atoms with van der Waals surface area (Å²) in [6.45, 7) is 2.70. The summed E-state index contributed by atoms with van der Waals surface area (Å²) in [5, 5.41) is 3.64. The van der Waals surface area contributed by atoms with Crippen LogP contribution in [0.2, 0.25) is 5.15 Å². The fourth-order valence-corrected chi connectivity index (χ4v) is 2.30. The summed E-state index contributed by atoms with van der Waals surface area (Å²) >= 11 is 6.07. The van der Waals surface area contributed by atoms with Crippen molar-refractivity contribution >= 4 is 35.0 Å². The van der Waals surface area contributed by atoms with Gasteiger partial charge in [-0.15, -0.1) is 12.4 Å². The van der Waals surface area contributed by atoms with Gasteiger partial charge < -0.3 is 10.1 Å². The minimum atomic E-state index is 0. The van der Waals surface area contributed by atoms with E-state index >= 15 is 0 Å². The molecule has 4 nitrogen and oxygen atoms in total. The van der Waals surface area contributed by atoms with Crippen molar-refractivity contribution in [2.75, 3.05) is 19.7 Å². The van der Waals surface area contributed by atoms with Crippen molar-refractivity contribution in [2.24, 2.45) is 5.92 Å². The summed E-state index contributed by atoms with van der Waals surface area (Å²) in [5.74, 6) is 0.969. The molecule has 2 heterocycles. The van der Waals surface area contributed by atoms with Crippen LogP contribution in [0, 0.1) is 5.92 Å². The second kappa shape index (κ2) is 6.37. The topological polar surface area (TPSA) is 47.0 Å². The third kappa shape index (κ3) is 3.26. The average molecular weight is 300 g/mol. The van der Waals surface area contributed by atoms with Gasteiger partial charge in [0, 0.05) is 12.5 Å². The molecule has 0 aliphatic carbocycles. The van der Waals surface area contributed by atoms with Crippen molar-refractivity contribution in [1.82, 2.24) is 15.3 Å². The number of fused-ring (bicyclic) bond motifs is 1. The summed E-state index contributed by atoms with van der Waals surface area (Å²) < 4.78 is 5.68. The molecule has 19 heavy (non-hydrogen) atoms. The number of halogens is 2. The Labute approximate surface area is 122 Å². The molecule has 0 saturated carbocycles. The first kappa shape index (κ1) is 14.3. The van der Waals surface area contributed by atoms with Gasteiger partial charge in [-0.3, -0.25) is 0 Å². The molecule has 2 aromatic rings. The van der Waals surface area contributed by atoms with E-state index in [1.165, 1.54) is 0 Å². The highest BCUT2D eigenvalue weighted by molar-refractivity contribution is 6.31. The van der Waals surface area contributed by atoms with Crippen LogP contribution >= 0.6 is 24.0 Å². The maximum Gasteiger partial charge on any atom is 0.252 e. The second-order valence-electron chi connectivity index (χ2n) is 4.48. The Bertz CT molecular complexity index is 559. The summed E-state index contributed by atoms with van der Waals surface area (Å²) in [6.07, 6.45) is 1.14. The predicted octanol–water partition coefficient (Wildman–Crippen LogP) is 2.69. The molecule has 1 aliphatic rings. The minimum absolute atomic E-state index is 0. The molecule has 3 rings (SSSR count). The molecule has 1 aliphatic heterocycles. The number of ether oxygens (including phenoxy) is 1. The zero-order valence-corrected chi connectivity index (χ0v) is 11.9. The number of nitrogens with one attached hydrogen (secondary N) is 1. The monoisotopic (exact) mass is 299 g/mol. The third-order valence-electron chi connectivity index (χ3n) is 3.12. The Hall–Kier alpha value is -1.10. The van der Waals surface area contributed by atoms with Crippen molar-refractivity contribution in [1.29, 1.82) is 0 Å². The lowest BCUT2D eigenvalue weighted by Crippen LogP contribution is -2.16. The molecule has 102 valence electrons. The molecule has 6 heteroatoms. The number of hydrogen-bond acceptors (Lipinski definition) is 4. The first-order valence-electron chi connectivity index (χ1n) is 6.09. The average Bonchev–Trinajstić information content (AvgIpc) is 2.89. The fraction of sp³-hybridized carbons (Fsp3) is 0.385. The maximum atomic E-state index is 6.07. The van der Waals surface area contributed by atoms with Crippen LogP contribution in [-0.4, -0.2) is 29.7 Å². The maximum absolute atomic E-state index is 6.07. The highest BCUT2D eigenvalue weighted by Crippen LogP contribution is 2.23. The van der Waals surface area contributed by atoms with Gasteiger partial charge in [0.1, 0.15) is 0 Å². The third-order valence-corrected chi connectivity index (χ3v) is 3.36. The lowest BCUT2D eigenvalue weighted by molar-refractivity contribution is 0.251. The molecule has 0 spiro atoms. The van der Waals surface area contributed by atoms with Crippen molar-refractivity contribution in [3.63, 3.8) is 0 Å². The molecule has 0 amide bonds. The largest absolute Gasteiger partial charge is 0.475 e. The predicted molar refractivity (Wildman–Crippen MR) is 78.3 cm³/mol. The van der Waals surface area contributed by atoms with Crippen LogP contribution in [0.3, 0.4) is 0 Å². The van der Waals surface area contributed by atoms with E-state index in [9.17, 15) is 0 Å². The first-order valence-corrected chi connectivity index (χ1v) is 6.46. The van der Waals surface area contributed by atoms with Gasteiger partial charge in [0.15, 0.2) is 5.15 Å². The highest BCUT2D eigenvalue weighted by Gasteiger charge is 2.16. The minimum Gasteiger partial charge on any atom is -0.475 e. The number of benzene rings is 1. The fourth-order valence-electron chi connectivity index (χ4n) is 2.11. The Kier molecular flexibility index (Phi) is 4.80. The lowest BCUT2D eigenvalue weighted by atomic mass is 10.1. The van der Waals surface area contributed by atoms with Gasteiger partial charge in [0.05, 0.1) is 17.6 Å². The van der Waals surface area contributed by atoms with E-state index in [-0.39, 0.29) is 12.4 Å². The van der Waals surface area contributed by atoms with Gasteiger partial charge in [0.25, 0.3) is 5.88 Å². The Morgan fingerprint density at radius 3 is 2.68 bits per heavy atom. The van der Waals surface area contributed by atoms with Crippen molar-refractivity contribution in [3.8, 4) is 5.88 Å². The normalized spacial score (nSPS) is 18.3. The van der Waals surface area contributed by atoms with E-state index < -0.39 is 0 Å². The van der Waals surface area contributed by atoms with Gasteiger partial charge >= 0.3 is 0 Å². The van der Waals surface area contributed by atoms with Crippen LogP contribution in [0.15, 0.2) is 24.3 Å². The number of aromatic nitrogens is 2. The van der Waals surface area contributed by atoms with Crippen LogP contribution in [0.1, 0.15) is 6.42 Å². The van der Waals surface area contributed by atoms with Gasteiger partial charge in [-0.2, -0.15) is 0 Å². The number of nitrogens with zero attached hydrogens (tertiary/aromatic N) is 2. The molecule has 1 aromatic heterocycles. The quantitative estimate of drug-likeness (QED) is 0.946. The lowest BCUT2D eigenvalue weighted by Gasteiger charge is -2.11. The number of hydrogen-bond donors (Lipinski definition) is 1. The molecule has 0 bridgehead atoms. The van der Waals surface area contributed by atoms with E-state index in [1.54, 1.807) is 0 Å². The zero-order valence-electron chi connectivity index (χ0n) is 10.3. The standard InChI is InChI=1S/C13H14ClN3O.ClH/c14-12-13(18-8-9-5-6-15-7-9)17-11-4-2-1-3-10(11)16-12;/h1-4,9,15H,5-8H2;1H. The van der Waals surface area contributed by atoms with Crippen molar-refractivity contribution < 1.29 is 4.74 Å². The van der Waals surface area contributed by atoms with Crippen LogP contribution < -0.4 is 10.1 Å². The van der Waals surface area contributed by atoms with Gasteiger partial charge in [0.2, 0.25) is 0 Å². The van der Waals surface area contributed by atoms with Gasteiger partial charge in [-0.05, 0) is 25.1 Å². The van der Waals surface area contributed by atoms with E-state index in [0.717, 1.165) is 30.5 Å². The molecule has 1 N–H and O–H groups in total. The van der Waals surface area contributed by atoms with Gasteiger partial charge in [-0.1, -0.05) is 23.7 Å². The second-order valence-corrected chi connectivity index (χ2v) is 4.84. The van der Waals surface area contributed by atoms with Crippen LogP contribution in [0.25, 0.3) is 11.0 Å². The van der Waals surface area contributed by atoms with E-state index in [4.69, 9.17) is 16.3 Å². The summed E-state index contributed by atoms with van der Waals surface area (Å²) in [5.41, 5.74) is 1.60. The Balaban J connectivity index is 0.00000133. The molecule has 1 unspecified atom stereocenters. The summed E-state index contributed by atoms with van der Waals surface area (Å²) in [4.78, 5) is 8.68. The first-order chi connectivity index (χ1) is 8.83. The van der Waals surface area contributed by atoms with Crippen LogP contribution in [0.4, 0.5) is 0 Å². The van der Waals surface area contributed by atoms with Crippen LogP contribution in [-0.2, 0) is 0 Å². The van der Waals surface area contributed by atoms with Crippen LogP contribution in [0.5, 0.6) is 5.88 Å². The SMILES string of the molecule is Cl.Clc1nc2ccccc2nc1OCC1CCNC1. The Morgan fingerprint density at radius 2 is 2.00 bits per heavy atom. The van der Waals surface area contributed by atoms with E-state index in [2.05, 4.69) is 15.3 Å². The van der Waals surface area contributed by atoms with E-state index in [1.807, 2.05) is 24.3 Å². The van der Waals surface area contributed by atoms with E-state index in [0.29, 0.717) is 23.6 Å². The smallest absolute Gasteiger partial charge is 0.252 e. The summed E-state index contributed by atoms with van der Waals surface area (Å²) in [7, 11) is 0. The molecule has 0 radical (unpaired) electrons. The molecule has 1 fully saturated rings. The van der Waals surface area contributed by atoms with Gasteiger partial charge in [-0.25, -0.2) is 9.97 Å². The molecular weight excluding hydrogens is 285 g/mol. The van der Waals surface area contributed by atoms with Crippen molar-refractivity contribution in [3.05, 3.63) is 29.4 Å². The molecule has 1 aromatic carbocycles. The van der Waals surface area contributed by atoms with Crippen molar-refractivity contribution in [2.45, 2.75) is 6.42 Å². The zero-order chi connectivity index (χ0) is 12.4. The highest BCUT2D eigenvalue weighted by atomic mass is 35.5. The molecular formula is C13H15Cl2N3O. The molecule has 1 atom stereocenters. The number of para-hydroxylation sites is 2. The number of rotatable bonds is 3. The summed E-state index contributed by atoms with van der Waals surface area (Å²) in [6, 6.07) is 7.63. The Morgan fingerprint density at radius 1 is 1.26 bits per heavy atom. The molecule has 1 saturated heterocycles.